The highest BCUT2D eigenvalue weighted by atomic mass is 16.5. The minimum absolute atomic E-state index is 0.125. The van der Waals surface area contributed by atoms with Crippen molar-refractivity contribution in [3.05, 3.63) is 46.3 Å². The van der Waals surface area contributed by atoms with Gasteiger partial charge < -0.3 is 19.4 Å². The molecule has 2 saturated heterocycles. The zero-order valence-corrected chi connectivity index (χ0v) is 16.6. The van der Waals surface area contributed by atoms with E-state index in [0.29, 0.717) is 42.0 Å². The fourth-order valence-corrected chi connectivity index (χ4v) is 4.04. The number of amides is 2. The van der Waals surface area contributed by atoms with Gasteiger partial charge in [0.15, 0.2) is 5.43 Å². The number of carbonyl (C=O) groups excluding carboxylic acids is 2. The topological polar surface area (TPSA) is 88.9 Å². The maximum atomic E-state index is 12.7. The molecule has 1 aromatic heterocycles. The summed E-state index contributed by atoms with van der Waals surface area (Å²) in [6.07, 6.45) is 3.89. The maximum Gasteiger partial charge on any atom is 0.251 e. The number of likely N-dealkylation sites (tertiary alicyclic amines) is 1. The molecule has 0 saturated carbocycles. The summed E-state index contributed by atoms with van der Waals surface area (Å²) < 4.78 is 11.1. The smallest absolute Gasteiger partial charge is 0.251 e. The van der Waals surface area contributed by atoms with E-state index in [1.165, 1.54) is 12.3 Å². The zero-order valence-electron chi connectivity index (χ0n) is 16.6. The second kappa shape index (κ2) is 8.37. The van der Waals surface area contributed by atoms with Gasteiger partial charge in [-0.05, 0) is 43.4 Å². The molecule has 7 heteroatoms. The van der Waals surface area contributed by atoms with E-state index in [1.54, 1.807) is 18.2 Å². The van der Waals surface area contributed by atoms with Crippen LogP contribution in [-0.4, -0.2) is 49.1 Å². The van der Waals surface area contributed by atoms with Crippen LogP contribution in [0.1, 0.15) is 36.5 Å². The second-order valence-electron chi connectivity index (χ2n) is 8.10. The SMILES string of the molecule is CC1CCN(C(=O)[C@@H]2CO[C@H](CNC(=O)c3ccc4c(=O)ccoc4c3)C2)CC1. The van der Waals surface area contributed by atoms with Crippen LogP contribution in [0.2, 0.25) is 0 Å². The number of rotatable bonds is 4. The third kappa shape index (κ3) is 4.34. The van der Waals surface area contributed by atoms with Crippen molar-refractivity contribution in [2.24, 2.45) is 11.8 Å². The van der Waals surface area contributed by atoms with Gasteiger partial charge in [-0.1, -0.05) is 6.92 Å². The molecule has 2 atom stereocenters. The van der Waals surface area contributed by atoms with Gasteiger partial charge in [0.1, 0.15) is 5.58 Å². The molecule has 2 fully saturated rings. The van der Waals surface area contributed by atoms with Crippen molar-refractivity contribution < 1.29 is 18.7 Å². The molecule has 1 aromatic carbocycles. The average molecular weight is 398 g/mol. The Labute approximate surface area is 169 Å². The van der Waals surface area contributed by atoms with E-state index in [4.69, 9.17) is 9.15 Å². The lowest BCUT2D eigenvalue weighted by Crippen LogP contribution is -2.41. The molecule has 0 spiro atoms. The number of fused-ring (bicyclic) bond motifs is 1. The summed E-state index contributed by atoms with van der Waals surface area (Å²) in [5, 5.41) is 3.30. The van der Waals surface area contributed by atoms with Crippen molar-refractivity contribution in [1.29, 1.82) is 0 Å². The van der Waals surface area contributed by atoms with E-state index in [0.717, 1.165) is 25.9 Å². The highest BCUT2D eigenvalue weighted by molar-refractivity contribution is 5.97. The Hall–Kier alpha value is -2.67. The van der Waals surface area contributed by atoms with Crippen LogP contribution in [0.3, 0.4) is 0 Å². The first kappa shape index (κ1) is 19.6. The molecule has 0 aliphatic carbocycles. The van der Waals surface area contributed by atoms with Gasteiger partial charge in [0.05, 0.1) is 30.3 Å². The summed E-state index contributed by atoms with van der Waals surface area (Å²) in [7, 11) is 0. The van der Waals surface area contributed by atoms with Crippen LogP contribution < -0.4 is 10.7 Å². The Morgan fingerprint density at radius 3 is 2.79 bits per heavy atom. The largest absolute Gasteiger partial charge is 0.464 e. The monoisotopic (exact) mass is 398 g/mol. The molecule has 1 N–H and O–H groups in total. The predicted octanol–water partition coefficient (Wildman–Crippen LogP) is 2.19. The quantitative estimate of drug-likeness (QED) is 0.853. The minimum Gasteiger partial charge on any atom is -0.464 e. The van der Waals surface area contributed by atoms with Crippen LogP contribution in [0.15, 0.2) is 39.7 Å². The van der Waals surface area contributed by atoms with Gasteiger partial charge in [0.2, 0.25) is 5.91 Å². The van der Waals surface area contributed by atoms with Crippen LogP contribution >= 0.6 is 0 Å². The highest BCUT2D eigenvalue weighted by Crippen LogP contribution is 2.24. The van der Waals surface area contributed by atoms with Crippen LogP contribution in [0.25, 0.3) is 11.0 Å². The molecule has 154 valence electrons. The first-order chi connectivity index (χ1) is 14.0. The first-order valence-corrected chi connectivity index (χ1v) is 10.2. The Balaban J connectivity index is 1.30. The van der Waals surface area contributed by atoms with E-state index >= 15 is 0 Å². The Morgan fingerprint density at radius 2 is 2.00 bits per heavy atom. The minimum atomic E-state index is -0.262. The summed E-state index contributed by atoms with van der Waals surface area (Å²) >= 11 is 0. The van der Waals surface area contributed by atoms with Crippen molar-refractivity contribution in [3.8, 4) is 0 Å². The summed E-state index contributed by atoms with van der Waals surface area (Å²) in [5.74, 6) is 0.474. The molecule has 2 aromatic rings. The maximum absolute atomic E-state index is 12.7. The highest BCUT2D eigenvalue weighted by Gasteiger charge is 2.34. The first-order valence-electron chi connectivity index (χ1n) is 10.2. The zero-order chi connectivity index (χ0) is 20.4. The molecular formula is C22H26N2O5. The van der Waals surface area contributed by atoms with Crippen molar-refractivity contribution in [2.45, 2.75) is 32.3 Å². The molecule has 7 nitrogen and oxygen atoms in total. The van der Waals surface area contributed by atoms with Gasteiger partial charge in [-0.25, -0.2) is 0 Å². The summed E-state index contributed by atoms with van der Waals surface area (Å²) in [6, 6.07) is 6.11. The lowest BCUT2D eigenvalue weighted by molar-refractivity contribution is -0.136. The van der Waals surface area contributed by atoms with Crippen LogP contribution in [0, 0.1) is 11.8 Å². The lowest BCUT2D eigenvalue weighted by atomic mass is 9.97. The molecule has 0 radical (unpaired) electrons. The molecule has 4 rings (SSSR count). The molecule has 0 unspecified atom stereocenters. The second-order valence-corrected chi connectivity index (χ2v) is 8.10. The summed E-state index contributed by atoms with van der Waals surface area (Å²) in [5.41, 5.74) is 0.653. The van der Waals surface area contributed by atoms with Crippen molar-refractivity contribution in [2.75, 3.05) is 26.2 Å². The number of ether oxygens (including phenoxy) is 1. The lowest BCUT2D eigenvalue weighted by Gasteiger charge is -2.31. The Kier molecular flexibility index (Phi) is 5.67. The Bertz CT molecular complexity index is 961. The van der Waals surface area contributed by atoms with Crippen LogP contribution in [0.4, 0.5) is 0 Å². The van der Waals surface area contributed by atoms with E-state index in [1.807, 2.05) is 4.90 Å². The van der Waals surface area contributed by atoms with Crippen LogP contribution in [-0.2, 0) is 9.53 Å². The van der Waals surface area contributed by atoms with Gasteiger partial charge >= 0.3 is 0 Å². The summed E-state index contributed by atoms with van der Waals surface area (Å²) in [6.45, 7) is 4.64. The summed E-state index contributed by atoms with van der Waals surface area (Å²) in [4.78, 5) is 38.9. The van der Waals surface area contributed by atoms with E-state index in [-0.39, 0.29) is 29.3 Å². The average Bonchev–Trinajstić information content (AvgIpc) is 3.21. The number of carbonyl (C=O) groups is 2. The van der Waals surface area contributed by atoms with E-state index in [2.05, 4.69) is 12.2 Å². The normalized spacial score (nSPS) is 22.7. The standard InChI is InChI=1S/C22H26N2O5/c1-14-4-7-24(8-5-14)22(27)16-10-17(29-13-16)12-23-21(26)15-2-3-18-19(25)6-9-28-20(18)11-15/h2-3,6,9,11,14,16-17H,4-5,7-8,10,12-13H2,1H3,(H,23,26)/t16-,17-/m0/s1. The van der Waals surface area contributed by atoms with E-state index < -0.39 is 0 Å². The van der Waals surface area contributed by atoms with Gasteiger partial charge in [-0.3, -0.25) is 14.4 Å². The third-order valence-corrected chi connectivity index (χ3v) is 5.94. The number of benzene rings is 1. The molecule has 3 heterocycles. The van der Waals surface area contributed by atoms with Crippen molar-refractivity contribution in [1.82, 2.24) is 10.2 Å². The van der Waals surface area contributed by atoms with Gasteiger partial charge in [0.25, 0.3) is 5.91 Å². The van der Waals surface area contributed by atoms with Gasteiger partial charge in [-0.15, -0.1) is 0 Å². The number of piperidine rings is 1. The van der Waals surface area contributed by atoms with Crippen molar-refractivity contribution >= 4 is 22.8 Å². The van der Waals surface area contributed by atoms with E-state index in [9.17, 15) is 14.4 Å². The molecule has 0 bridgehead atoms. The molecule has 2 amide bonds. The van der Waals surface area contributed by atoms with Gasteiger partial charge in [-0.2, -0.15) is 0 Å². The van der Waals surface area contributed by atoms with Crippen LogP contribution in [0.5, 0.6) is 0 Å². The fraction of sp³-hybridized carbons (Fsp3) is 0.500. The molecular weight excluding hydrogens is 372 g/mol. The fourth-order valence-electron chi connectivity index (χ4n) is 4.04. The number of hydrogen-bond donors (Lipinski definition) is 1. The number of hydrogen-bond acceptors (Lipinski definition) is 5. The van der Waals surface area contributed by atoms with Gasteiger partial charge in [0, 0.05) is 31.3 Å². The molecule has 29 heavy (non-hydrogen) atoms. The Morgan fingerprint density at radius 1 is 1.21 bits per heavy atom. The molecule has 2 aliphatic heterocycles. The number of nitrogens with one attached hydrogen (secondary N) is 1. The molecule has 2 aliphatic rings. The third-order valence-electron chi connectivity index (χ3n) is 5.94. The number of nitrogens with zero attached hydrogens (tertiary/aromatic N) is 1. The predicted molar refractivity (Wildman–Crippen MR) is 108 cm³/mol. The van der Waals surface area contributed by atoms with Crippen molar-refractivity contribution in [3.63, 3.8) is 0 Å².